The molecule has 112 valence electrons. The molecule has 0 radical (unpaired) electrons. The van der Waals surface area contributed by atoms with Gasteiger partial charge in [0.15, 0.2) is 0 Å². The monoisotopic (exact) mass is 316 g/mol. The summed E-state index contributed by atoms with van der Waals surface area (Å²) >= 11 is 4.85. The van der Waals surface area contributed by atoms with Crippen molar-refractivity contribution in [3.63, 3.8) is 0 Å². The number of hydrogen-bond donors (Lipinski definition) is 2. The lowest BCUT2D eigenvalue weighted by molar-refractivity contribution is 0.141. The van der Waals surface area contributed by atoms with Crippen LogP contribution in [-0.2, 0) is 20.5 Å². The summed E-state index contributed by atoms with van der Waals surface area (Å²) in [5.74, 6) is -0.0994. The van der Waals surface area contributed by atoms with Gasteiger partial charge in [0.1, 0.15) is 4.99 Å². The van der Waals surface area contributed by atoms with Crippen molar-refractivity contribution in [1.82, 2.24) is 4.72 Å². The van der Waals surface area contributed by atoms with Gasteiger partial charge in [0.2, 0.25) is 10.0 Å². The van der Waals surface area contributed by atoms with E-state index in [2.05, 4.69) is 4.72 Å². The molecule has 0 spiro atoms. The Morgan fingerprint density at radius 3 is 2.35 bits per heavy atom. The molecule has 1 aromatic rings. The van der Waals surface area contributed by atoms with Crippen LogP contribution in [0.4, 0.5) is 0 Å². The van der Waals surface area contributed by atoms with Gasteiger partial charge in [-0.2, -0.15) is 0 Å². The molecule has 0 amide bonds. The van der Waals surface area contributed by atoms with E-state index in [1.165, 1.54) is 7.11 Å². The van der Waals surface area contributed by atoms with Gasteiger partial charge in [-0.1, -0.05) is 36.5 Å². The molecule has 0 saturated carbocycles. The highest BCUT2D eigenvalue weighted by molar-refractivity contribution is 7.88. The molecule has 0 saturated heterocycles. The number of sulfonamides is 1. The molecule has 5 nitrogen and oxygen atoms in total. The lowest BCUT2D eigenvalue weighted by Gasteiger charge is -2.24. The zero-order chi connectivity index (χ0) is 15.4. The Balaban J connectivity index is 2.78. The summed E-state index contributed by atoms with van der Waals surface area (Å²) in [6.45, 7) is 3.83. The van der Waals surface area contributed by atoms with Crippen LogP contribution in [0.1, 0.15) is 25.0 Å². The first kappa shape index (κ1) is 17.0. The Labute approximate surface area is 125 Å². The fraction of sp³-hybridized carbons (Fsp3) is 0.462. The van der Waals surface area contributed by atoms with Crippen LogP contribution in [0.15, 0.2) is 24.3 Å². The highest BCUT2D eigenvalue weighted by atomic mass is 32.2. The minimum absolute atomic E-state index is 0.0994. The number of rotatable bonds is 7. The number of nitrogens with two attached hydrogens (primary N) is 1. The Morgan fingerprint density at radius 1 is 1.35 bits per heavy atom. The Bertz CT molecular complexity index is 566. The molecule has 20 heavy (non-hydrogen) atoms. The summed E-state index contributed by atoms with van der Waals surface area (Å²) in [4.78, 5) is 0.291. The molecule has 0 aliphatic carbocycles. The molecule has 0 aromatic heterocycles. The average molecular weight is 316 g/mol. The molecule has 0 fully saturated rings. The normalized spacial score (nSPS) is 12.3. The van der Waals surface area contributed by atoms with E-state index in [0.717, 1.165) is 0 Å². The summed E-state index contributed by atoms with van der Waals surface area (Å²) in [6, 6.07) is 6.84. The van der Waals surface area contributed by atoms with Gasteiger partial charge in [0, 0.05) is 12.7 Å². The molecule has 0 heterocycles. The fourth-order valence-electron chi connectivity index (χ4n) is 1.83. The number of methoxy groups -OCH3 is 1. The van der Waals surface area contributed by atoms with E-state index in [0.29, 0.717) is 22.7 Å². The van der Waals surface area contributed by atoms with Crippen LogP contribution in [0.5, 0.6) is 0 Å². The molecule has 0 aliphatic heterocycles. The molecule has 0 aliphatic rings. The second-order valence-corrected chi connectivity index (χ2v) is 7.40. The molecule has 3 N–H and O–H groups in total. The van der Waals surface area contributed by atoms with E-state index in [-0.39, 0.29) is 5.75 Å². The maximum absolute atomic E-state index is 12.1. The van der Waals surface area contributed by atoms with Gasteiger partial charge in [0.05, 0.1) is 17.9 Å². The van der Waals surface area contributed by atoms with Crippen molar-refractivity contribution in [2.24, 2.45) is 5.73 Å². The van der Waals surface area contributed by atoms with Crippen molar-refractivity contribution < 1.29 is 13.2 Å². The number of hydrogen-bond acceptors (Lipinski definition) is 4. The quantitative estimate of drug-likeness (QED) is 0.738. The summed E-state index contributed by atoms with van der Waals surface area (Å²) in [5, 5.41) is 0. The topological polar surface area (TPSA) is 81.4 Å². The van der Waals surface area contributed by atoms with Gasteiger partial charge in [0.25, 0.3) is 0 Å². The number of nitrogens with one attached hydrogen (secondary N) is 1. The van der Waals surface area contributed by atoms with E-state index in [9.17, 15) is 8.42 Å². The first-order chi connectivity index (χ1) is 9.15. The molecule has 0 unspecified atom stereocenters. The van der Waals surface area contributed by atoms with Gasteiger partial charge >= 0.3 is 0 Å². The molecule has 1 rings (SSSR count). The van der Waals surface area contributed by atoms with Gasteiger partial charge in [-0.15, -0.1) is 0 Å². The van der Waals surface area contributed by atoms with Crippen LogP contribution in [0.3, 0.4) is 0 Å². The van der Waals surface area contributed by atoms with Crippen molar-refractivity contribution in [3.8, 4) is 0 Å². The van der Waals surface area contributed by atoms with Crippen LogP contribution in [0.25, 0.3) is 0 Å². The SMILES string of the molecule is COCC(C)(C)NS(=O)(=O)Cc1ccc(C(N)=S)cc1. The molecule has 0 atom stereocenters. The standard InChI is InChI=1S/C13H20N2O3S2/c1-13(2,9-18-3)15-20(16,17)8-10-4-6-11(7-5-10)12(14)19/h4-7,15H,8-9H2,1-3H3,(H2,14,19). The fourth-order valence-corrected chi connectivity index (χ4v) is 3.57. The van der Waals surface area contributed by atoms with Gasteiger partial charge in [-0.25, -0.2) is 13.1 Å². The Hall–Kier alpha value is -1.02. The first-order valence-corrected chi connectivity index (χ1v) is 8.10. The van der Waals surface area contributed by atoms with Gasteiger partial charge < -0.3 is 10.5 Å². The van der Waals surface area contributed by atoms with E-state index < -0.39 is 15.6 Å². The lowest BCUT2D eigenvalue weighted by Crippen LogP contribution is -2.47. The smallest absolute Gasteiger partial charge is 0.216 e. The molecule has 1 aromatic carbocycles. The van der Waals surface area contributed by atoms with Crippen molar-refractivity contribution in [1.29, 1.82) is 0 Å². The summed E-state index contributed by atoms with van der Waals surface area (Å²) < 4.78 is 31.8. The van der Waals surface area contributed by atoms with E-state index in [1.807, 2.05) is 0 Å². The predicted octanol–water partition coefficient (Wildman–Crippen LogP) is 1.17. The minimum Gasteiger partial charge on any atom is -0.389 e. The molecule has 7 heteroatoms. The van der Waals surface area contributed by atoms with Crippen molar-refractivity contribution in [3.05, 3.63) is 35.4 Å². The van der Waals surface area contributed by atoms with Gasteiger partial charge in [-0.05, 0) is 19.4 Å². The third kappa shape index (κ3) is 5.54. The average Bonchev–Trinajstić information content (AvgIpc) is 2.26. The van der Waals surface area contributed by atoms with Crippen molar-refractivity contribution in [2.45, 2.75) is 25.1 Å². The molecular formula is C13H20N2O3S2. The lowest BCUT2D eigenvalue weighted by atomic mass is 10.1. The Kier molecular flexibility index (Phi) is 5.64. The van der Waals surface area contributed by atoms with Crippen LogP contribution in [0.2, 0.25) is 0 Å². The number of benzene rings is 1. The third-order valence-corrected chi connectivity index (χ3v) is 4.34. The summed E-state index contributed by atoms with van der Waals surface area (Å²) in [7, 11) is -1.91. The van der Waals surface area contributed by atoms with Crippen molar-refractivity contribution in [2.75, 3.05) is 13.7 Å². The van der Waals surface area contributed by atoms with E-state index in [1.54, 1.807) is 38.1 Å². The van der Waals surface area contributed by atoms with Crippen LogP contribution < -0.4 is 10.5 Å². The van der Waals surface area contributed by atoms with Gasteiger partial charge in [-0.3, -0.25) is 0 Å². The largest absolute Gasteiger partial charge is 0.389 e. The van der Waals surface area contributed by atoms with Crippen LogP contribution >= 0.6 is 12.2 Å². The van der Waals surface area contributed by atoms with Crippen molar-refractivity contribution >= 4 is 27.2 Å². The first-order valence-electron chi connectivity index (χ1n) is 6.04. The highest BCUT2D eigenvalue weighted by Gasteiger charge is 2.24. The predicted molar refractivity (Wildman–Crippen MR) is 84.0 cm³/mol. The zero-order valence-electron chi connectivity index (χ0n) is 11.8. The van der Waals surface area contributed by atoms with E-state index in [4.69, 9.17) is 22.7 Å². The summed E-state index contributed by atoms with van der Waals surface area (Å²) in [5.41, 5.74) is 6.24. The van der Waals surface area contributed by atoms with Crippen LogP contribution in [0, 0.1) is 0 Å². The summed E-state index contributed by atoms with van der Waals surface area (Å²) in [6.07, 6.45) is 0. The number of ether oxygens (including phenoxy) is 1. The maximum atomic E-state index is 12.1. The number of thiocarbonyl (C=S) groups is 1. The van der Waals surface area contributed by atoms with Crippen LogP contribution in [-0.4, -0.2) is 32.7 Å². The Morgan fingerprint density at radius 2 is 1.90 bits per heavy atom. The maximum Gasteiger partial charge on any atom is 0.216 e. The highest BCUT2D eigenvalue weighted by Crippen LogP contribution is 2.11. The molecule has 0 bridgehead atoms. The minimum atomic E-state index is -3.44. The third-order valence-electron chi connectivity index (χ3n) is 2.53. The molecular weight excluding hydrogens is 296 g/mol. The second kappa shape index (κ2) is 6.62. The second-order valence-electron chi connectivity index (χ2n) is 5.24. The van der Waals surface area contributed by atoms with E-state index >= 15 is 0 Å². The zero-order valence-corrected chi connectivity index (χ0v) is 13.5.